The number of carbonyl (C=O) groups is 1. The Labute approximate surface area is 107 Å². The van der Waals surface area contributed by atoms with Crippen molar-refractivity contribution in [2.75, 3.05) is 0 Å². The number of rotatable bonds is 2. The van der Waals surface area contributed by atoms with Gasteiger partial charge in [0.2, 0.25) is 0 Å². The smallest absolute Gasteiger partial charge is 0.345 e. The van der Waals surface area contributed by atoms with Gasteiger partial charge in [-0.3, -0.25) is 4.98 Å². The number of hydrogen-bond donors (Lipinski definition) is 1. The number of hydrogen-bond acceptors (Lipinski definition) is 3. The zero-order valence-corrected chi connectivity index (χ0v) is 10.1. The van der Waals surface area contributed by atoms with Crippen molar-refractivity contribution in [3.05, 3.63) is 53.5 Å². The predicted molar refractivity (Wildman–Crippen MR) is 72.0 cm³/mol. The first kappa shape index (κ1) is 10.9. The Morgan fingerprint density at radius 2 is 2.06 bits per heavy atom. The topological polar surface area (TPSA) is 50.2 Å². The van der Waals surface area contributed by atoms with Crippen LogP contribution in [0.25, 0.3) is 21.3 Å². The third-order valence-electron chi connectivity index (χ3n) is 2.70. The van der Waals surface area contributed by atoms with E-state index in [2.05, 4.69) is 4.98 Å². The number of nitrogens with zero attached hydrogens (tertiary/aromatic N) is 1. The summed E-state index contributed by atoms with van der Waals surface area (Å²) >= 11 is 1.28. The molecule has 1 aromatic carbocycles. The SMILES string of the molecule is O=C(O)c1ccc(-c2ccc3ncccc3c2)s1. The van der Waals surface area contributed by atoms with Crippen LogP contribution in [0.2, 0.25) is 0 Å². The second-order valence-corrected chi connectivity index (χ2v) is 4.96. The normalized spacial score (nSPS) is 10.7. The van der Waals surface area contributed by atoms with E-state index in [4.69, 9.17) is 5.11 Å². The first-order valence-electron chi connectivity index (χ1n) is 5.42. The van der Waals surface area contributed by atoms with Gasteiger partial charge in [0.05, 0.1) is 5.52 Å². The zero-order chi connectivity index (χ0) is 12.5. The maximum atomic E-state index is 10.9. The van der Waals surface area contributed by atoms with Crippen LogP contribution < -0.4 is 0 Å². The Balaban J connectivity index is 2.10. The molecule has 0 saturated heterocycles. The fraction of sp³-hybridized carbons (Fsp3) is 0. The second-order valence-electron chi connectivity index (χ2n) is 3.88. The van der Waals surface area contributed by atoms with Crippen molar-refractivity contribution in [1.29, 1.82) is 0 Å². The summed E-state index contributed by atoms with van der Waals surface area (Å²) in [6.07, 6.45) is 1.76. The summed E-state index contributed by atoms with van der Waals surface area (Å²) in [5, 5.41) is 9.97. The Bertz CT molecular complexity index is 733. The van der Waals surface area contributed by atoms with Gasteiger partial charge in [-0.25, -0.2) is 4.79 Å². The summed E-state index contributed by atoms with van der Waals surface area (Å²) in [6, 6.07) is 13.3. The molecule has 3 rings (SSSR count). The highest BCUT2D eigenvalue weighted by molar-refractivity contribution is 7.17. The minimum atomic E-state index is -0.881. The molecule has 0 unspecified atom stereocenters. The van der Waals surface area contributed by atoms with Crippen LogP contribution in [-0.4, -0.2) is 16.1 Å². The highest BCUT2D eigenvalue weighted by atomic mass is 32.1. The highest BCUT2D eigenvalue weighted by Crippen LogP contribution is 2.29. The first-order valence-corrected chi connectivity index (χ1v) is 6.24. The Morgan fingerprint density at radius 1 is 1.17 bits per heavy atom. The molecule has 18 heavy (non-hydrogen) atoms. The number of aromatic carboxylic acids is 1. The van der Waals surface area contributed by atoms with Gasteiger partial charge in [0.15, 0.2) is 0 Å². The van der Waals surface area contributed by atoms with Crippen LogP contribution >= 0.6 is 11.3 Å². The third kappa shape index (κ3) is 1.87. The molecule has 0 aliphatic carbocycles. The van der Waals surface area contributed by atoms with Gasteiger partial charge in [0.25, 0.3) is 0 Å². The molecule has 3 nitrogen and oxygen atoms in total. The number of aromatic nitrogens is 1. The van der Waals surface area contributed by atoms with E-state index < -0.39 is 5.97 Å². The van der Waals surface area contributed by atoms with Gasteiger partial charge < -0.3 is 5.11 Å². The molecule has 0 atom stereocenters. The van der Waals surface area contributed by atoms with E-state index in [-0.39, 0.29) is 0 Å². The second kappa shape index (κ2) is 4.23. The third-order valence-corrected chi connectivity index (χ3v) is 3.83. The van der Waals surface area contributed by atoms with Gasteiger partial charge in [-0.05, 0) is 35.9 Å². The van der Waals surface area contributed by atoms with Crippen molar-refractivity contribution < 1.29 is 9.90 Å². The number of thiophene rings is 1. The number of fused-ring (bicyclic) bond motifs is 1. The van der Waals surface area contributed by atoms with Crippen molar-refractivity contribution >= 4 is 28.2 Å². The van der Waals surface area contributed by atoms with E-state index in [1.807, 2.05) is 36.4 Å². The van der Waals surface area contributed by atoms with Gasteiger partial charge in [0, 0.05) is 16.5 Å². The van der Waals surface area contributed by atoms with E-state index in [0.29, 0.717) is 4.88 Å². The summed E-state index contributed by atoms with van der Waals surface area (Å²) < 4.78 is 0. The monoisotopic (exact) mass is 255 g/mol. The predicted octanol–water partition coefficient (Wildman–Crippen LogP) is 3.66. The number of benzene rings is 1. The Morgan fingerprint density at radius 3 is 2.83 bits per heavy atom. The van der Waals surface area contributed by atoms with Crippen molar-refractivity contribution in [3.63, 3.8) is 0 Å². The average molecular weight is 255 g/mol. The van der Waals surface area contributed by atoms with Crippen molar-refractivity contribution in [1.82, 2.24) is 4.98 Å². The van der Waals surface area contributed by atoms with Crippen LogP contribution in [0.4, 0.5) is 0 Å². The Hall–Kier alpha value is -2.20. The fourth-order valence-corrected chi connectivity index (χ4v) is 2.68. The molecule has 2 heterocycles. The molecule has 0 spiro atoms. The van der Waals surface area contributed by atoms with Crippen molar-refractivity contribution in [3.8, 4) is 10.4 Å². The highest BCUT2D eigenvalue weighted by Gasteiger charge is 2.08. The Kier molecular flexibility index (Phi) is 2.57. The van der Waals surface area contributed by atoms with E-state index in [1.165, 1.54) is 11.3 Å². The van der Waals surface area contributed by atoms with Gasteiger partial charge in [0.1, 0.15) is 4.88 Å². The van der Waals surface area contributed by atoms with Crippen molar-refractivity contribution in [2.24, 2.45) is 0 Å². The number of carboxylic acid groups (broad SMARTS) is 1. The molecule has 0 radical (unpaired) electrons. The fourth-order valence-electron chi connectivity index (χ4n) is 1.84. The summed E-state index contributed by atoms with van der Waals surface area (Å²) in [4.78, 5) is 16.4. The number of pyridine rings is 1. The molecule has 3 aromatic rings. The summed E-state index contributed by atoms with van der Waals surface area (Å²) in [6.45, 7) is 0. The molecule has 0 amide bonds. The van der Waals surface area contributed by atoms with E-state index in [0.717, 1.165) is 21.3 Å². The van der Waals surface area contributed by atoms with Crippen LogP contribution in [0.15, 0.2) is 48.7 Å². The van der Waals surface area contributed by atoms with Crippen LogP contribution in [-0.2, 0) is 0 Å². The van der Waals surface area contributed by atoms with Crippen molar-refractivity contribution in [2.45, 2.75) is 0 Å². The van der Waals surface area contributed by atoms with Crippen LogP contribution in [0, 0.1) is 0 Å². The van der Waals surface area contributed by atoms with E-state index in [9.17, 15) is 4.79 Å². The molecular formula is C14H9NO2S. The molecule has 0 aliphatic heterocycles. The summed E-state index contributed by atoms with van der Waals surface area (Å²) in [7, 11) is 0. The minimum absolute atomic E-state index is 0.358. The van der Waals surface area contributed by atoms with Crippen LogP contribution in [0.5, 0.6) is 0 Å². The first-order chi connectivity index (χ1) is 8.74. The van der Waals surface area contributed by atoms with Gasteiger partial charge in [-0.15, -0.1) is 11.3 Å². The lowest BCUT2D eigenvalue weighted by Crippen LogP contribution is -1.89. The zero-order valence-electron chi connectivity index (χ0n) is 9.33. The van der Waals surface area contributed by atoms with Gasteiger partial charge >= 0.3 is 5.97 Å². The average Bonchev–Trinajstić information content (AvgIpc) is 2.88. The summed E-state index contributed by atoms with van der Waals surface area (Å²) in [5.41, 5.74) is 1.96. The molecule has 2 aromatic heterocycles. The molecule has 0 aliphatic rings. The minimum Gasteiger partial charge on any atom is -0.477 e. The maximum absolute atomic E-state index is 10.9. The molecule has 0 bridgehead atoms. The van der Waals surface area contributed by atoms with E-state index in [1.54, 1.807) is 12.3 Å². The van der Waals surface area contributed by atoms with Gasteiger partial charge in [-0.2, -0.15) is 0 Å². The molecule has 1 N–H and O–H groups in total. The van der Waals surface area contributed by atoms with E-state index >= 15 is 0 Å². The lowest BCUT2D eigenvalue weighted by Gasteiger charge is -2.00. The quantitative estimate of drug-likeness (QED) is 0.760. The molecule has 0 saturated carbocycles. The summed E-state index contributed by atoms with van der Waals surface area (Å²) in [5.74, 6) is -0.881. The lowest BCUT2D eigenvalue weighted by atomic mass is 10.1. The standard InChI is InChI=1S/C14H9NO2S/c16-14(17)13-6-5-12(18-13)10-3-4-11-9(8-10)2-1-7-15-11/h1-8H,(H,16,17). The van der Waals surface area contributed by atoms with Gasteiger partial charge in [-0.1, -0.05) is 12.1 Å². The molecular weight excluding hydrogens is 246 g/mol. The number of carboxylic acids is 1. The largest absolute Gasteiger partial charge is 0.477 e. The maximum Gasteiger partial charge on any atom is 0.345 e. The molecule has 88 valence electrons. The molecule has 4 heteroatoms. The lowest BCUT2D eigenvalue weighted by molar-refractivity contribution is 0.0702. The molecule has 0 fully saturated rings. The van der Waals surface area contributed by atoms with Crippen LogP contribution in [0.3, 0.4) is 0 Å². The van der Waals surface area contributed by atoms with Crippen LogP contribution in [0.1, 0.15) is 9.67 Å².